The smallest absolute Gasteiger partial charge is 0.0741 e. The minimum atomic E-state index is 0.832. The Morgan fingerprint density at radius 2 is 1.92 bits per heavy atom. The third-order valence-corrected chi connectivity index (χ3v) is 4.01. The Morgan fingerprint density at radius 3 is 2.54 bits per heavy atom. The first-order valence-electron chi connectivity index (χ1n) is 8.47. The second-order valence-corrected chi connectivity index (χ2v) is 5.75. The first kappa shape index (κ1) is 17.8. The fourth-order valence-electron chi connectivity index (χ4n) is 2.60. The fourth-order valence-corrected chi connectivity index (χ4v) is 2.60. The molecule has 0 aromatic carbocycles. The van der Waals surface area contributed by atoms with Crippen LogP contribution in [0, 0.1) is 12.3 Å². The van der Waals surface area contributed by atoms with Gasteiger partial charge in [-0.2, -0.15) is 0 Å². The Kier molecular flexibility index (Phi) is 6.62. The molecule has 0 radical (unpaired) electrons. The lowest BCUT2D eigenvalue weighted by atomic mass is 9.97. The largest absolute Gasteiger partial charge is 0.308 e. The number of aromatic nitrogens is 2. The molecule has 3 heteroatoms. The number of hydrogen-bond acceptors (Lipinski definition) is 3. The van der Waals surface area contributed by atoms with Gasteiger partial charge in [-0.25, -0.2) is 4.98 Å². The molecule has 3 nitrogen and oxygen atoms in total. The number of unbranched alkanes of at least 4 members (excludes halogenated alkanes) is 2. The zero-order valence-corrected chi connectivity index (χ0v) is 14.7. The highest BCUT2D eigenvalue weighted by atomic mass is 14.7. The zero-order chi connectivity index (χ0) is 17.4. The van der Waals surface area contributed by atoms with Gasteiger partial charge in [-0.1, -0.05) is 38.0 Å². The van der Waals surface area contributed by atoms with Crippen molar-refractivity contribution in [2.45, 2.75) is 40.0 Å². The molecule has 0 saturated carbocycles. The standard InChI is InChI=1S/C21H25N3/c1-4-6-7-8-19(18-11-13-23-14-12-18)21-16(3)9-10-20(24-21)17(5-2)15-22/h5,8-15,22H,4,6-7H2,1-3H3/b17-5+,19-8-,22-15?. The van der Waals surface area contributed by atoms with Crippen LogP contribution in [-0.2, 0) is 0 Å². The van der Waals surface area contributed by atoms with Crippen LogP contribution in [0.1, 0.15) is 55.6 Å². The summed E-state index contributed by atoms with van der Waals surface area (Å²) in [5.41, 5.74) is 6.06. The van der Waals surface area contributed by atoms with Crippen molar-refractivity contribution in [3.05, 3.63) is 71.3 Å². The molecule has 0 saturated heterocycles. The van der Waals surface area contributed by atoms with Crippen LogP contribution < -0.4 is 0 Å². The van der Waals surface area contributed by atoms with Crippen LogP contribution in [0.2, 0.25) is 0 Å². The summed E-state index contributed by atoms with van der Waals surface area (Å²) in [5.74, 6) is 0. The van der Waals surface area contributed by atoms with Gasteiger partial charge in [0.1, 0.15) is 0 Å². The number of pyridine rings is 2. The fraction of sp³-hybridized carbons (Fsp3) is 0.286. The molecule has 124 valence electrons. The average molecular weight is 319 g/mol. The molecule has 2 rings (SSSR count). The topological polar surface area (TPSA) is 49.6 Å². The van der Waals surface area contributed by atoms with E-state index in [2.05, 4.69) is 31.0 Å². The van der Waals surface area contributed by atoms with E-state index in [4.69, 9.17) is 10.4 Å². The second kappa shape index (κ2) is 8.92. The highest BCUT2D eigenvalue weighted by Gasteiger charge is 2.11. The molecule has 0 unspecified atom stereocenters. The summed E-state index contributed by atoms with van der Waals surface area (Å²) in [5, 5.41) is 7.57. The van der Waals surface area contributed by atoms with Crippen molar-refractivity contribution in [1.82, 2.24) is 9.97 Å². The van der Waals surface area contributed by atoms with Crippen LogP contribution in [0.15, 0.2) is 48.8 Å². The second-order valence-electron chi connectivity index (χ2n) is 5.75. The van der Waals surface area contributed by atoms with Gasteiger partial charge in [-0.15, -0.1) is 0 Å². The molecular formula is C21H25N3. The maximum Gasteiger partial charge on any atom is 0.0741 e. The van der Waals surface area contributed by atoms with Gasteiger partial charge in [0.2, 0.25) is 0 Å². The quantitative estimate of drug-likeness (QED) is 0.544. The number of allylic oxidation sites excluding steroid dienone is 3. The molecule has 2 aromatic rings. The Hall–Kier alpha value is -2.55. The van der Waals surface area contributed by atoms with E-state index in [0.29, 0.717) is 0 Å². The molecule has 2 aromatic heterocycles. The van der Waals surface area contributed by atoms with Gasteiger partial charge in [-0.05, 0) is 49.6 Å². The lowest BCUT2D eigenvalue weighted by Gasteiger charge is -2.13. The Bertz CT molecular complexity index is 743. The van der Waals surface area contributed by atoms with Crippen molar-refractivity contribution >= 4 is 17.4 Å². The molecular weight excluding hydrogens is 294 g/mol. The number of rotatable bonds is 7. The van der Waals surface area contributed by atoms with Gasteiger partial charge in [0.15, 0.2) is 0 Å². The molecule has 0 bridgehead atoms. The summed E-state index contributed by atoms with van der Waals surface area (Å²) in [7, 11) is 0. The number of nitrogens with one attached hydrogen (secondary N) is 1. The number of nitrogens with zero attached hydrogens (tertiary/aromatic N) is 2. The van der Waals surface area contributed by atoms with Crippen molar-refractivity contribution in [1.29, 1.82) is 5.41 Å². The first-order chi connectivity index (χ1) is 11.7. The third-order valence-electron chi connectivity index (χ3n) is 4.01. The van der Waals surface area contributed by atoms with Gasteiger partial charge in [0.25, 0.3) is 0 Å². The molecule has 0 aliphatic heterocycles. The SMILES string of the molecule is C/C=C(\C=N)c1ccc(C)c(/C(=C\CCCC)c2ccncc2)n1. The van der Waals surface area contributed by atoms with E-state index < -0.39 is 0 Å². The molecule has 2 heterocycles. The van der Waals surface area contributed by atoms with E-state index >= 15 is 0 Å². The van der Waals surface area contributed by atoms with E-state index in [1.165, 1.54) is 12.6 Å². The normalized spacial score (nSPS) is 12.3. The van der Waals surface area contributed by atoms with Crippen LogP contribution in [0.3, 0.4) is 0 Å². The van der Waals surface area contributed by atoms with Crippen molar-refractivity contribution in [3.63, 3.8) is 0 Å². The Labute approximate surface area is 144 Å². The van der Waals surface area contributed by atoms with Crippen LogP contribution in [0.4, 0.5) is 0 Å². The molecule has 0 aliphatic rings. The van der Waals surface area contributed by atoms with Crippen LogP contribution in [0.5, 0.6) is 0 Å². The highest BCUT2D eigenvalue weighted by Crippen LogP contribution is 2.26. The summed E-state index contributed by atoms with van der Waals surface area (Å²) in [4.78, 5) is 8.99. The summed E-state index contributed by atoms with van der Waals surface area (Å²) in [6, 6.07) is 8.12. The highest BCUT2D eigenvalue weighted by molar-refractivity contribution is 6.07. The molecule has 1 N–H and O–H groups in total. The van der Waals surface area contributed by atoms with Crippen LogP contribution in [0.25, 0.3) is 11.1 Å². The van der Waals surface area contributed by atoms with Crippen molar-refractivity contribution < 1.29 is 0 Å². The van der Waals surface area contributed by atoms with Crippen LogP contribution in [-0.4, -0.2) is 16.2 Å². The van der Waals surface area contributed by atoms with Gasteiger partial charge in [-0.3, -0.25) is 4.98 Å². The minimum absolute atomic E-state index is 0.832. The summed E-state index contributed by atoms with van der Waals surface area (Å²) in [6.45, 7) is 6.22. The predicted octanol–water partition coefficient (Wildman–Crippen LogP) is 5.46. The third kappa shape index (κ3) is 4.25. The van der Waals surface area contributed by atoms with E-state index in [0.717, 1.165) is 46.5 Å². The molecule has 0 amide bonds. The number of hydrogen-bond donors (Lipinski definition) is 1. The lowest BCUT2D eigenvalue weighted by molar-refractivity contribution is 0.815. The van der Waals surface area contributed by atoms with E-state index in [9.17, 15) is 0 Å². The maximum absolute atomic E-state index is 7.57. The zero-order valence-electron chi connectivity index (χ0n) is 14.7. The molecule has 0 spiro atoms. The van der Waals surface area contributed by atoms with E-state index in [1.807, 2.05) is 43.6 Å². The van der Waals surface area contributed by atoms with Gasteiger partial charge in [0, 0.05) is 29.8 Å². The monoisotopic (exact) mass is 319 g/mol. The van der Waals surface area contributed by atoms with Crippen LogP contribution >= 0.6 is 0 Å². The molecule has 0 aliphatic carbocycles. The summed E-state index contributed by atoms with van der Waals surface area (Å²) < 4.78 is 0. The Morgan fingerprint density at radius 1 is 1.17 bits per heavy atom. The van der Waals surface area contributed by atoms with E-state index in [1.54, 1.807) is 0 Å². The summed E-state index contributed by atoms with van der Waals surface area (Å²) >= 11 is 0. The van der Waals surface area contributed by atoms with Crippen molar-refractivity contribution in [2.75, 3.05) is 0 Å². The van der Waals surface area contributed by atoms with Gasteiger partial charge >= 0.3 is 0 Å². The minimum Gasteiger partial charge on any atom is -0.308 e. The number of aryl methyl sites for hydroxylation is 1. The van der Waals surface area contributed by atoms with Gasteiger partial charge in [0.05, 0.1) is 11.4 Å². The lowest BCUT2D eigenvalue weighted by Crippen LogP contribution is -2.00. The average Bonchev–Trinajstić information content (AvgIpc) is 2.62. The van der Waals surface area contributed by atoms with E-state index in [-0.39, 0.29) is 0 Å². The van der Waals surface area contributed by atoms with Crippen molar-refractivity contribution in [3.8, 4) is 0 Å². The molecule has 0 fully saturated rings. The molecule has 24 heavy (non-hydrogen) atoms. The Balaban J connectivity index is 2.55. The molecule has 0 atom stereocenters. The predicted molar refractivity (Wildman–Crippen MR) is 102 cm³/mol. The van der Waals surface area contributed by atoms with Crippen molar-refractivity contribution in [2.24, 2.45) is 0 Å². The first-order valence-corrected chi connectivity index (χ1v) is 8.47. The summed E-state index contributed by atoms with van der Waals surface area (Å²) in [6.07, 6.45) is 12.5. The van der Waals surface area contributed by atoms with Gasteiger partial charge < -0.3 is 5.41 Å². The maximum atomic E-state index is 7.57.